The number of rotatable bonds is 6. The molecule has 1 aromatic heterocycles. The number of aromatic nitrogens is 1. The number of anilines is 2. The van der Waals surface area contributed by atoms with Crippen molar-refractivity contribution in [2.24, 2.45) is 0 Å². The van der Waals surface area contributed by atoms with E-state index in [0.29, 0.717) is 17.6 Å². The van der Waals surface area contributed by atoms with E-state index in [1.807, 2.05) is 26.0 Å². The van der Waals surface area contributed by atoms with Crippen molar-refractivity contribution in [1.29, 1.82) is 0 Å². The first-order chi connectivity index (χ1) is 8.61. The quantitative estimate of drug-likeness (QED) is 0.842. The maximum Gasteiger partial charge on any atom is 0.239 e. The second kappa shape index (κ2) is 5.46. The van der Waals surface area contributed by atoms with Crippen LogP contribution in [0.5, 0.6) is 5.88 Å². The van der Waals surface area contributed by atoms with Gasteiger partial charge >= 0.3 is 0 Å². The van der Waals surface area contributed by atoms with E-state index in [1.54, 1.807) is 0 Å². The van der Waals surface area contributed by atoms with Gasteiger partial charge in [0.15, 0.2) is 0 Å². The van der Waals surface area contributed by atoms with Crippen molar-refractivity contribution >= 4 is 11.5 Å². The molecule has 2 rings (SSSR count). The number of pyridine rings is 1. The molecule has 1 saturated carbocycles. The van der Waals surface area contributed by atoms with Crippen LogP contribution < -0.4 is 15.4 Å². The third kappa shape index (κ3) is 3.06. The van der Waals surface area contributed by atoms with Gasteiger partial charge in [0.25, 0.3) is 0 Å². The molecular formula is C14H23N3O. The van der Waals surface area contributed by atoms with Crippen molar-refractivity contribution in [3.63, 3.8) is 0 Å². The Hall–Kier alpha value is -1.45. The molecule has 1 aliphatic carbocycles. The number of ether oxygens (including phenoxy) is 1. The van der Waals surface area contributed by atoms with Gasteiger partial charge in [-0.15, -0.1) is 0 Å². The Balaban J connectivity index is 2.21. The Morgan fingerprint density at radius 1 is 1.44 bits per heavy atom. The Morgan fingerprint density at radius 2 is 2.17 bits per heavy atom. The first-order valence-electron chi connectivity index (χ1n) is 6.81. The minimum atomic E-state index is 0.0931. The molecule has 100 valence electrons. The minimum Gasteiger partial charge on any atom is -0.473 e. The van der Waals surface area contributed by atoms with E-state index in [-0.39, 0.29) is 6.10 Å². The molecule has 0 saturated heterocycles. The summed E-state index contributed by atoms with van der Waals surface area (Å²) < 4.78 is 5.65. The Labute approximate surface area is 109 Å². The van der Waals surface area contributed by atoms with Crippen molar-refractivity contribution in [3.05, 3.63) is 12.1 Å². The van der Waals surface area contributed by atoms with Crippen LogP contribution in [-0.2, 0) is 0 Å². The molecular weight excluding hydrogens is 226 g/mol. The number of hydrogen-bond acceptors (Lipinski definition) is 4. The van der Waals surface area contributed by atoms with E-state index in [0.717, 1.165) is 18.8 Å². The van der Waals surface area contributed by atoms with Gasteiger partial charge in [0.2, 0.25) is 5.88 Å². The van der Waals surface area contributed by atoms with E-state index < -0.39 is 0 Å². The summed E-state index contributed by atoms with van der Waals surface area (Å²) in [5.74, 6) is 1.55. The fraction of sp³-hybridized carbons (Fsp3) is 0.643. The highest BCUT2D eigenvalue weighted by Gasteiger charge is 2.29. The lowest BCUT2D eigenvalue weighted by Gasteiger charge is -2.24. The predicted octanol–water partition coefficient (Wildman–Crippen LogP) is 2.83. The molecule has 1 aromatic rings. The first-order valence-corrected chi connectivity index (χ1v) is 6.81. The Kier molecular flexibility index (Phi) is 3.94. The van der Waals surface area contributed by atoms with E-state index in [1.165, 1.54) is 12.8 Å². The van der Waals surface area contributed by atoms with E-state index in [2.05, 4.69) is 16.8 Å². The summed E-state index contributed by atoms with van der Waals surface area (Å²) in [5, 5.41) is 0. The van der Waals surface area contributed by atoms with Crippen LogP contribution in [0.2, 0.25) is 0 Å². The topological polar surface area (TPSA) is 51.4 Å². The van der Waals surface area contributed by atoms with Crippen LogP contribution in [0.15, 0.2) is 12.1 Å². The van der Waals surface area contributed by atoms with E-state index in [9.17, 15) is 0 Å². The van der Waals surface area contributed by atoms with Crippen molar-refractivity contribution in [3.8, 4) is 5.88 Å². The highest BCUT2D eigenvalue weighted by atomic mass is 16.5. The third-order valence-corrected chi connectivity index (χ3v) is 2.97. The maximum atomic E-state index is 5.90. The lowest BCUT2D eigenvalue weighted by atomic mass is 10.3. The van der Waals surface area contributed by atoms with Gasteiger partial charge in [-0.2, -0.15) is 4.98 Å². The summed E-state index contributed by atoms with van der Waals surface area (Å²) in [6, 6.07) is 4.55. The first kappa shape index (κ1) is 13.0. The normalized spacial score (nSPS) is 14.9. The van der Waals surface area contributed by atoms with Crippen LogP contribution in [0.4, 0.5) is 11.5 Å². The molecule has 4 heteroatoms. The van der Waals surface area contributed by atoms with Crippen LogP contribution in [0.1, 0.15) is 40.0 Å². The molecule has 1 fully saturated rings. The van der Waals surface area contributed by atoms with Gasteiger partial charge in [0.1, 0.15) is 5.82 Å². The smallest absolute Gasteiger partial charge is 0.239 e. The molecule has 0 aliphatic heterocycles. The molecule has 0 aromatic carbocycles. The zero-order chi connectivity index (χ0) is 13.1. The number of nitrogens with two attached hydrogens (primary N) is 1. The molecule has 1 aliphatic rings. The van der Waals surface area contributed by atoms with Gasteiger partial charge < -0.3 is 15.4 Å². The van der Waals surface area contributed by atoms with Crippen LogP contribution in [0.25, 0.3) is 0 Å². The molecule has 0 amide bonds. The maximum absolute atomic E-state index is 5.90. The van der Waals surface area contributed by atoms with Crippen molar-refractivity contribution in [2.75, 3.05) is 17.2 Å². The highest BCUT2D eigenvalue weighted by molar-refractivity contribution is 5.55. The van der Waals surface area contributed by atoms with Gasteiger partial charge in [-0.3, -0.25) is 0 Å². The van der Waals surface area contributed by atoms with Crippen LogP contribution in [0.3, 0.4) is 0 Å². The zero-order valence-electron chi connectivity index (χ0n) is 11.5. The number of nitrogen functional groups attached to an aromatic ring is 1. The summed E-state index contributed by atoms with van der Waals surface area (Å²) in [5.41, 5.74) is 6.51. The number of hydrogen-bond donors (Lipinski definition) is 1. The Morgan fingerprint density at radius 3 is 2.72 bits per heavy atom. The second-order valence-electron chi connectivity index (χ2n) is 5.16. The van der Waals surface area contributed by atoms with Crippen molar-refractivity contribution in [1.82, 2.24) is 4.98 Å². The third-order valence-electron chi connectivity index (χ3n) is 2.97. The monoisotopic (exact) mass is 249 g/mol. The number of nitrogens with zero attached hydrogens (tertiary/aromatic N) is 2. The largest absolute Gasteiger partial charge is 0.473 e. The van der Waals surface area contributed by atoms with E-state index >= 15 is 0 Å². The average Bonchev–Trinajstić information content (AvgIpc) is 3.12. The van der Waals surface area contributed by atoms with Crippen molar-refractivity contribution in [2.45, 2.75) is 52.2 Å². The van der Waals surface area contributed by atoms with Gasteiger partial charge in [-0.05, 0) is 45.2 Å². The summed E-state index contributed by atoms with van der Waals surface area (Å²) >= 11 is 0. The van der Waals surface area contributed by atoms with Crippen LogP contribution >= 0.6 is 0 Å². The SMILES string of the molecule is CCCN(c1ccc(N)c(OC(C)C)n1)C1CC1. The van der Waals surface area contributed by atoms with Gasteiger partial charge in [0.05, 0.1) is 11.8 Å². The Bertz CT molecular complexity index is 402. The van der Waals surface area contributed by atoms with Crippen molar-refractivity contribution < 1.29 is 4.74 Å². The van der Waals surface area contributed by atoms with Gasteiger partial charge in [-0.1, -0.05) is 6.92 Å². The minimum absolute atomic E-state index is 0.0931. The lowest BCUT2D eigenvalue weighted by molar-refractivity contribution is 0.234. The highest BCUT2D eigenvalue weighted by Crippen LogP contribution is 2.33. The zero-order valence-corrected chi connectivity index (χ0v) is 11.5. The average molecular weight is 249 g/mol. The molecule has 1 heterocycles. The predicted molar refractivity (Wildman–Crippen MR) is 75.1 cm³/mol. The van der Waals surface area contributed by atoms with Gasteiger partial charge in [-0.25, -0.2) is 0 Å². The fourth-order valence-corrected chi connectivity index (χ4v) is 2.03. The van der Waals surface area contributed by atoms with Crippen LogP contribution in [-0.4, -0.2) is 23.7 Å². The van der Waals surface area contributed by atoms with Crippen LogP contribution in [0, 0.1) is 0 Å². The molecule has 0 unspecified atom stereocenters. The van der Waals surface area contributed by atoms with E-state index in [4.69, 9.17) is 10.5 Å². The molecule has 0 atom stereocenters. The lowest BCUT2D eigenvalue weighted by Crippen LogP contribution is -2.27. The summed E-state index contributed by atoms with van der Waals surface area (Å²) in [6.45, 7) is 7.21. The molecule has 0 radical (unpaired) electrons. The standard InChI is InChI=1S/C14H23N3O/c1-4-9-17(11-5-6-11)13-8-7-12(15)14(16-13)18-10(2)3/h7-8,10-11H,4-6,9,15H2,1-3H3. The molecule has 2 N–H and O–H groups in total. The fourth-order valence-electron chi connectivity index (χ4n) is 2.03. The molecule has 0 spiro atoms. The molecule has 0 bridgehead atoms. The van der Waals surface area contributed by atoms with Gasteiger partial charge in [0, 0.05) is 12.6 Å². The summed E-state index contributed by atoms with van der Waals surface area (Å²) in [6.07, 6.45) is 3.76. The summed E-state index contributed by atoms with van der Waals surface area (Å²) in [4.78, 5) is 6.94. The summed E-state index contributed by atoms with van der Waals surface area (Å²) in [7, 11) is 0. The molecule has 18 heavy (non-hydrogen) atoms. The second-order valence-corrected chi connectivity index (χ2v) is 5.16. The molecule has 4 nitrogen and oxygen atoms in total.